The lowest BCUT2D eigenvalue weighted by Gasteiger charge is -2.26. The second kappa shape index (κ2) is 12.4. The zero-order valence-electron chi connectivity index (χ0n) is 24.5. The largest absolute Gasteiger partial charge is 0.478 e. The minimum absolute atomic E-state index is 0.0279. The summed E-state index contributed by atoms with van der Waals surface area (Å²) in [6, 6.07) is 8.46. The summed E-state index contributed by atoms with van der Waals surface area (Å²) >= 11 is 19.0. The van der Waals surface area contributed by atoms with Crippen LogP contribution in [0.1, 0.15) is 50.0 Å². The molecule has 9 nitrogen and oxygen atoms in total. The van der Waals surface area contributed by atoms with Gasteiger partial charge in [0.05, 0.1) is 34.0 Å². The Hall–Kier alpha value is -3.63. The summed E-state index contributed by atoms with van der Waals surface area (Å²) in [5.41, 5.74) is 3.01. The second-order valence-corrected chi connectivity index (χ2v) is 12.6. The van der Waals surface area contributed by atoms with Crippen molar-refractivity contribution in [2.75, 3.05) is 0 Å². The fraction of sp³-hybridized carbons (Fsp3) is 0.312. The molecule has 1 aliphatic rings. The molecule has 2 aromatic carbocycles. The smallest absolute Gasteiger partial charge is 0.331 e. The number of carboxylic acids is 1. The van der Waals surface area contributed by atoms with Crippen LogP contribution in [0.4, 0.5) is 0 Å². The standard InChI is InChI=1S/C32H31Cl3N4O5/c1-17-29(25-12-27(35)26(34)11-24(25)20-14-37-39(4)16-20)44-31(43)32(17,2)8-7-18(30(41)42)9-28(40)22-6-5-21(33)10-23(22)19-13-36-38(3)15-19/h5-7,10-17,28-29,40H,8-9H2,1-4H3,(H,41,42)/b18-7-/t17?,28-,29?,32?/m0/s1. The van der Waals surface area contributed by atoms with Gasteiger partial charge >= 0.3 is 11.9 Å². The summed E-state index contributed by atoms with van der Waals surface area (Å²) in [7, 11) is 3.57. The fourth-order valence-electron chi connectivity index (χ4n) is 5.62. The molecule has 0 aliphatic carbocycles. The van der Waals surface area contributed by atoms with Gasteiger partial charge in [0.25, 0.3) is 0 Å². The Bertz CT molecular complexity index is 1780. The van der Waals surface area contributed by atoms with E-state index in [0.29, 0.717) is 31.8 Å². The lowest BCUT2D eigenvalue weighted by Crippen LogP contribution is -2.28. The van der Waals surface area contributed by atoms with E-state index in [1.165, 1.54) is 6.08 Å². The average molecular weight is 658 g/mol. The topological polar surface area (TPSA) is 119 Å². The molecule has 5 rings (SSSR count). The van der Waals surface area contributed by atoms with Gasteiger partial charge in [0, 0.05) is 66.1 Å². The van der Waals surface area contributed by atoms with Gasteiger partial charge in [-0.15, -0.1) is 0 Å². The molecule has 1 fully saturated rings. The molecule has 0 spiro atoms. The molecule has 0 amide bonds. The zero-order chi connectivity index (χ0) is 31.9. The van der Waals surface area contributed by atoms with E-state index in [9.17, 15) is 19.8 Å². The molecule has 2 aromatic heterocycles. The first-order valence-electron chi connectivity index (χ1n) is 13.9. The van der Waals surface area contributed by atoms with Gasteiger partial charge in [-0.25, -0.2) is 4.79 Å². The number of aryl methyl sites for hydroxylation is 2. The number of nitrogens with zero attached hydrogens (tertiary/aromatic N) is 4. The van der Waals surface area contributed by atoms with Crippen molar-refractivity contribution < 1.29 is 24.5 Å². The number of carbonyl (C=O) groups excluding carboxylic acids is 1. The molecule has 3 unspecified atom stereocenters. The maximum absolute atomic E-state index is 13.4. The van der Waals surface area contributed by atoms with Crippen LogP contribution in [0, 0.1) is 11.3 Å². The number of allylic oxidation sites excluding steroid dienone is 1. The van der Waals surface area contributed by atoms with Crippen LogP contribution in [0.3, 0.4) is 0 Å². The lowest BCUT2D eigenvalue weighted by atomic mass is 9.73. The van der Waals surface area contributed by atoms with E-state index in [0.717, 1.165) is 16.7 Å². The number of rotatable bonds is 9. The normalized spacial score (nSPS) is 21.0. The number of aliphatic carboxylic acids is 1. The molecule has 2 N–H and O–H groups in total. The van der Waals surface area contributed by atoms with Crippen molar-refractivity contribution >= 4 is 46.7 Å². The summed E-state index contributed by atoms with van der Waals surface area (Å²) in [6.45, 7) is 3.65. The number of ether oxygens (including phenoxy) is 1. The first kappa shape index (κ1) is 31.8. The zero-order valence-corrected chi connectivity index (χ0v) is 26.7. The van der Waals surface area contributed by atoms with Crippen LogP contribution >= 0.6 is 34.8 Å². The lowest BCUT2D eigenvalue weighted by molar-refractivity contribution is -0.148. The van der Waals surface area contributed by atoms with Crippen LogP contribution in [0.15, 0.2) is 66.8 Å². The van der Waals surface area contributed by atoms with Crippen molar-refractivity contribution in [2.24, 2.45) is 25.4 Å². The number of carbonyl (C=O) groups is 2. The monoisotopic (exact) mass is 656 g/mol. The third-order valence-electron chi connectivity index (χ3n) is 8.42. The van der Waals surface area contributed by atoms with Gasteiger partial charge in [0.15, 0.2) is 0 Å². The quantitative estimate of drug-likeness (QED) is 0.144. The number of aliphatic hydroxyl groups excluding tert-OH is 1. The fourth-order valence-corrected chi connectivity index (χ4v) is 6.13. The second-order valence-electron chi connectivity index (χ2n) is 11.4. The maximum Gasteiger partial charge on any atom is 0.331 e. The molecule has 12 heteroatoms. The predicted molar refractivity (Wildman–Crippen MR) is 168 cm³/mol. The summed E-state index contributed by atoms with van der Waals surface area (Å²) in [6.07, 6.45) is 6.53. The van der Waals surface area contributed by atoms with Crippen LogP contribution in [-0.4, -0.2) is 41.7 Å². The molecule has 4 aromatic rings. The number of carboxylic acid groups (broad SMARTS) is 1. The molecule has 44 heavy (non-hydrogen) atoms. The van der Waals surface area contributed by atoms with E-state index in [2.05, 4.69) is 10.2 Å². The average Bonchev–Trinajstić information content (AvgIpc) is 3.66. The van der Waals surface area contributed by atoms with Gasteiger partial charge in [-0.1, -0.05) is 53.9 Å². The number of aromatic nitrogens is 4. The minimum atomic E-state index is -1.19. The summed E-state index contributed by atoms with van der Waals surface area (Å²) in [4.78, 5) is 25.8. The number of hydrogen-bond acceptors (Lipinski definition) is 6. The SMILES string of the molecule is CC1C(c2cc(Cl)c(Cl)cc2-c2cnn(C)c2)OC(=O)C1(C)C/C=C(/C[C@H](O)c1ccc(Cl)cc1-c1cnn(C)c1)C(=O)O. The molecule has 4 atom stereocenters. The first-order valence-corrected chi connectivity index (χ1v) is 15.0. The number of esters is 1. The molecule has 230 valence electrons. The summed E-state index contributed by atoms with van der Waals surface area (Å²) < 4.78 is 9.23. The van der Waals surface area contributed by atoms with Crippen molar-refractivity contribution in [3.05, 3.63) is 93.0 Å². The van der Waals surface area contributed by atoms with E-state index in [1.807, 2.05) is 13.1 Å². The number of hydrogen-bond donors (Lipinski definition) is 2. The third-order valence-corrected chi connectivity index (χ3v) is 9.38. The highest BCUT2D eigenvalue weighted by atomic mass is 35.5. The predicted octanol–water partition coefficient (Wildman–Crippen LogP) is 7.21. The van der Waals surface area contributed by atoms with E-state index in [4.69, 9.17) is 39.5 Å². The maximum atomic E-state index is 13.4. The van der Waals surface area contributed by atoms with Crippen LogP contribution in [0.5, 0.6) is 0 Å². The molecule has 0 saturated carbocycles. The Balaban J connectivity index is 1.42. The summed E-state index contributed by atoms with van der Waals surface area (Å²) in [5.74, 6) is -2.02. The van der Waals surface area contributed by atoms with Gasteiger partial charge < -0.3 is 14.9 Å². The van der Waals surface area contributed by atoms with E-state index >= 15 is 0 Å². The van der Waals surface area contributed by atoms with Gasteiger partial charge in [0.1, 0.15) is 6.10 Å². The van der Waals surface area contributed by atoms with E-state index in [1.54, 1.807) is 79.3 Å². The van der Waals surface area contributed by atoms with Gasteiger partial charge in [-0.3, -0.25) is 14.2 Å². The van der Waals surface area contributed by atoms with Crippen molar-refractivity contribution in [2.45, 2.75) is 38.9 Å². The highest BCUT2D eigenvalue weighted by Crippen LogP contribution is 2.52. The van der Waals surface area contributed by atoms with Crippen LogP contribution < -0.4 is 0 Å². The molecule has 0 bridgehead atoms. The Morgan fingerprint density at radius 1 is 1.05 bits per heavy atom. The van der Waals surface area contributed by atoms with Gasteiger partial charge in [0.2, 0.25) is 0 Å². The molecule has 1 saturated heterocycles. The van der Waals surface area contributed by atoms with Gasteiger partial charge in [-0.05, 0) is 54.3 Å². The molecular formula is C32H31Cl3N4O5. The van der Waals surface area contributed by atoms with Crippen LogP contribution in [-0.2, 0) is 28.4 Å². The third kappa shape index (κ3) is 6.15. The Kier molecular flexibility index (Phi) is 8.96. The number of cyclic esters (lactones) is 1. The van der Waals surface area contributed by atoms with Crippen LogP contribution in [0.25, 0.3) is 22.3 Å². The molecule has 3 heterocycles. The van der Waals surface area contributed by atoms with E-state index in [-0.39, 0.29) is 24.3 Å². The van der Waals surface area contributed by atoms with Crippen molar-refractivity contribution in [1.29, 1.82) is 0 Å². The highest BCUT2D eigenvalue weighted by Gasteiger charge is 2.52. The highest BCUT2D eigenvalue weighted by molar-refractivity contribution is 6.42. The minimum Gasteiger partial charge on any atom is -0.478 e. The Morgan fingerprint density at radius 3 is 2.25 bits per heavy atom. The molecule has 1 aliphatic heterocycles. The summed E-state index contributed by atoms with van der Waals surface area (Å²) in [5, 5.41) is 30.9. The van der Waals surface area contributed by atoms with Crippen LogP contribution in [0.2, 0.25) is 15.1 Å². The van der Waals surface area contributed by atoms with E-state index < -0.39 is 29.6 Å². The van der Waals surface area contributed by atoms with Gasteiger partial charge in [-0.2, -0.15) is 10.2 Å². The number of halogens is 3. The number of benzene rings is 2. The number of aliphatic hydroxyl groups is 1. The van der Waals surface area contributed by atoms with Crippen molar-refractivity contribution in [3.8, 4) is 22.3 Å². The van der Waals surface area contributed by atoms with Crippen molar-refractivity contribution in [1.82, 2.24) is 19.6 Å². The molecular weight excluding hydrogens is 627 g/mol. The Labute approximate surface area is 269 Å². The Morgan fingerprint density at radius 2 is 1.66 bits per heavy atom. The van der Waals surface area contributed by atoms with Crippen molar-refractivity contribution in [3.63, 3.8) is 0 Å². The first-order chi connectivity index (χ1) is 20.8. The molecule has 0 radical (unpaired) electrons.